The van der Waals surface area contributed by atoms with Crippen molar-refractivity contribution in [3.8, 4) is 0 Å². The molecular weight excluding hydrogens is 480 g/mol. The van der Waals surface area contributed by atoms with Gasteiger partial charge in [0.25, 0.3) is 0 Å². The summed E-state index contributed by atoms with van der Waals surface area (Å²) in [5.41, 5.74) is 2.90. The summed E-state index contributed by atoms with van der Waals surface area (Å²) in [6, 6.07) is 31.9. The van der Waals surface area contributed by atoms with Crippen LogP contribution in [0.4, 0.5) is 0 Å². The van der Waals surface area contributed by atoms with Crippen LogP contribution in [-0.4, -0.2) is 19.7 Å². The van der Waals surface area contributed by atoms with Crippen molar-refractivity contribution in [2.75, 3.05) is 13.7 Å². The van der Waals surface area contributed by atoms with E-state index in [1.165, 1.54) is 88.0 Å². The van der Waals surface area contributed by atoms with E-state index >= 15 is 0 Å². The molecule has 3 heteroatoms. The van der Waals surface area contributed by atoms with Gasteiger partial charge in [-0.2, -0.15) is 0 Å². The zero-order valence-corrected chi connectivity index (χ0v) is 24.0. The Morgan fingerprint density at radius 3 is 1.21 bits per heavy atom. The molecule has 0 bridgehead atoms. The van der Waals surface area contributed by atoms with E-state index in [1.807, 2.05) is 0 Å². The Morgan fingerprint density at radius 2 is 0.846 bits per heavy atom. The largest absolute Gasteiger partial charge is 0.469 e. The maximum absolute atomic E-state index is 11.1. The van der Waals surface area contributed by atoms with Gasteiger partial charge in [-0.25, -0.2) is 0 Å². The van der Waals surface area contributed by atoms with Crippen LogP contribution in [-0.2, 0) is 19.9 Å². The number of esters is 1. The number of ether oxygens (including phenoxy) is 2. The van der Waals surface area contributed by atoms with Gasteiger partial charge in [-0.1, -0.05) is 162 Å². The van der Waals surface area contributed by atoms with Gasteiger partial charge >= 0.3 is 5.97 Å². The van der Waals surface area contributed by atoms with E-state index in [-0.39, 0.29) is 5.97 Å². The molecule has 0 aliphatic carbocycles. The molecule has 0 unspecified atom stereocenters. The van der Waals surface area contributed by atoms with Gasteiger partial charge in [-0.05, 0) is 29.5 Å². The lowest BCUT2D eigenvalue weighted by Crippen LogP contribution is -2.33. The van der Waals surface area contributed by atoms with Crippen LogP contribution in [0.2, 0.25) is 0 Å². The highest BCUT2D eigenvalue weighted by atomic mass is 16.5. The van der Waals surface area contributed by atoms with Gasteiger partial charge in [-0.3, -0.25) is 4.79 Å². The van der Waals surface area contributed by atoms with Gasteiger partial charge in [-0.15, -0.1) is 0 Å². The zero-order chi connectivity index (χ0) is 27.4. The van der Waals surface area contributed by atoms with Gasteiger partial charge in [0.1, 0.15) is 5.60 Å². The van der Waals surface area contributed by atoms with E-state index in [1.54, 1.807) is 0 Å². The fourth-order valence-corrected chi connectivity index (χ4v) is 5.41. The van der Waals surface area contributed by atoms with E-state index in [0.717, 1.165) is 25.9 Å². The van der Waals surface area contributed by atoms with Crippen molar-refractivity contribution in [3.05, 3.63) is 108 Å². The molecule has 210 valence electrons. The van der Waals surface area contributed by atoms with Crippen LogP contribution in [0.15, 0.2) is 91.0 Å². The van der Waals surface area contributed by atoms with Crippen LogP contribution >= 0.6 is 0 Å². The molecule has 0 spiro atoms. The number of benzene rings is 3. The zero-order valence-electron chi connectivity index (χ0n) is 24.0. The van der Waals surface area contributed by atoms with Gasteiger partial charge in [0.2, 0.25) is 0 Å². The number of unbranched alkanes of at least 4 members (excludes halogenated alkanes) is 12. The molecule has 0 aliphatic heterocycles. The fourth-order valence-electron chi connectivity index (χ4n) is 5.41. The third-order valence-electron chi connectivity index (χ3n) is 7.61. The molecule has 0 fully saturated rings. The average Bonchev–Trinajstić information content (AvgIpc) is 3.00. The van der Waals surface area contributed by atoms with Crippen molar-refractivity contribution < 1.29 is 14.3 Å². The number of hydrogen-bond donors (Lipinski definition) is 0. The van der Waals surface area contributed by atoms with Crippen LogP contribution in [0.5, 0.6) is 0 Å². The maximum Gasteiger partial charge on any atom is 0.305 e. The molecule has 0 heterocycles. The van der Waals surface area contributed by atoms with E-state index in [2.05, 4.69) is 95.7 Å². The highest BCUT2D eigenvalue weighted by Gasteiger charge is 2.37. The first-order valence-electron chi connectivity index (χ1n) is 15.1. The van der Waals surface area contributed by atoms with Crippen LogP contribution in [0, 0.1) is 0 Å². The van der Waals surface area contributed by atoms with Crippen LogP contribution < -0.4 is 0 Å². The summed E-state index contributed by atoms with van der Waals surface area (Å²) in [5.74, 6) is -0.0813. The minimum absolute atomic E-state index is 0.0813. The third kappa shape index (κ3) is 10.3. The Kier molecular flexibility index (Phi) is 14.4. The van der Waals surface area contributed by atoms with Crippen LogP contribution in [0.1, 0.15) is 107 Å². The third-order valence-corrected chi connectivity index (χ3v) is 7.61. The standard InChI is InChI=1S/C36H48O3/c1-38-35(37)30-22-11-9-7-5-3-2-4-6-8-10-12-23-31-39-36(32-24-16-13-17-25-32,33-26-18-14-19-27-33)34-28-20-15-21-29-34/h13-21,24-29H,2-12,22-23,30-31H2,1H3. The molecule has 3 aromatic carbocycles. The van der Waals surface area contributed by atoms with Gasteiger partial charge in [0.15, 0.2) is 0 Å². The van der Waals surface area contributed by atoms with Crippen molar-refractivity contribution in [1.82, 2.24) is 0 Å². The van der Waals surface area contributed by atoms with Gasteiger partial charge in [0, 0.05) is 13.0 Å². The maximum atomic E-state index is 11.1. The van der Waals surface area contributed by atoms with Crippen molar-refractivity contribution in [3.63, 3.8) is 0 Å². The first-order valence-corrected chi connectivity index (χ1v) is 15.1. The topological polar surface area (TPSA) is 35.5 Å². The van der Waals surface area contributed by atoms with E-state index in [0.29, 0.717) is 6.42 Å². The highest BCUT2D eigenvalue weighted by Crippen LogP contribution is 2.40. The average molecular weight is 529 g/mol. The Morgan fingerprint density at radius 1 is 0.513 bits per heavy atom. The fraction of sp³-hybridized carbons (Fsp3) is 0.472. The molecule has 0 aliphatic rings. The van der Waals surface area contributed by atoms with Crippen LogP contribution in [0.3, 0.4) is 0 Å². The molecule has 0 saturated carbocycles. The SMILES string of the molecule is COC(=O)CCCCCCCCCCCCCCCOC(c1ccccc1)(c1ccccc1)c1ccccc1. The Bertz CT molecular complexity index is 920. The molecule has 0 aromatic heterocycles. The lowest BCUT2D eigenvalue weighted by Gasteiger charge is -2.36. The van der Waals surface area contributed by atoms with Crippen molar-refractivity contribution >= 4 is 5.97 Å². The second-order valence-electron chi connectivity index (χ2n) is 10.6. The Balaban J connectivity index is 1.36. The van der Waals surface area contributed by atoms with E-state index in [4.69, 9.17) is 4.74 Å². The van der Waals surface area contributed by atoms with Crippen molar-refractivity contribution in [1.29, 1.82) is 0 Å². The van der Waals surface area contributed by atoms with Gasteiger partial charge in [0.05, 0.1) is 7.11 Å². The van der Waals surface area contributed by atoms with Crippen molar-refractivity contribution in [2.24, 2.45) is 0 Å². The second-order valence-corrected chi connectivity index (χ2v) is 10.6. The Hall–Kier alpha value is -2.91. The van der Waals surface area contributed by atoms with E-state index in [9.17, 15) is 4.79 Å². The summed E-state index contributed by atoms with van der Waals surface area (Å²) in [5, 5.41) is 0. The first-order chi connectivity index (χ1) is 19.3. The molecule has 0 N–H and O–H groups in total. The monoisotopic (exact) mass is 528 g/mol. The summed E-state index contributed by atoms with van der Waals surface area (Å²) < 4.78 is 11.6. The molecule has 39 heavy (non-hydrogen) atoms. The lowest BCUT2D eigenvalue weighted by molar-refractivity contribution is -0.140. The second kappa shape index (κ2) is 18.4. The summed E-state index contributed by atoms with van der Waals surface area (Å²) in [7, 11) is 1.46. The van der Waals surface area contributed by atoms with Gasteiger partial charge < -0.3 is 9.47 Å². The Labute approximate surface area is 237 Å². The smallest absolute Gasteiger partial charge is 0.305 e. The van der Waals surface area contributed by atoms with Crippen LogP contribution in [0.25, 0.3) is 0 Å². The number of rotatable bonds is 20. The molecule has 3 aromatic rings. The molecule has 0 saturated heterocycles. The number of carbonyl (C=O) groups is 1. The number of hydrogen-bond acceptors (Lipinski definition) is 3. The lowest BCUT2D eigenvalue weighted by atomic mass is 9.80. The summed E-state index contributed by atoms with van der Waals surface area (Å²) >= 11 is 0. The number of methoxy groups -OCH3 is 1. The molecule has 0 atom stereocenters. The summed E-state index contributed by atoms with van der Waals surface area (Å²) in [6.45, 7) is 0.734. The quantitative estimate of drug-likeness (QED) is 0.0832. The molecule has 0 amide bonds. The van der Waals surface area contributed by atoms with Crippen molar-refractivity contribution in [2.45, 2.75) is 95.5 Å². The molecule has 3 nitrogen and oxygen atoms in total. The summed E-state index contributed by atoms with van der Waals surface area (Å²) in [4.78, 5) is 11.1. The minimum atomic E-state index is -0.606. The van der Waals surface area contributed by atoms with E-state index < -0.39 is 5.60 Å². The number of carbonyl (C=O) groups excluding carboxylic acids is 1. The predicted molar refractivity (Wildman–Crippen MR) is 162 cm³/mol. The summed E-state index contributed by atoms with van der Waals surface area (Å²) in [6.07, 6.45) is 16.8. The molecule has 0 radical (unpaired) electrons. The minimum Gasteiger partial charge on any atom is -0.469 e. The molecular formula is C36H48O3. The first kappa shape index (κ1) is 30.6. The molecule has 3 rings (SSSR count). The normalized spacial score (nSPS) is 11.4. The highest BCUT2D eigenvalue weighted by molar-refractivity contribution is 5.68. The predicted octanol–water partition coefficient (Wildman–Crippen LogP) is 9.63.